The van der Waals surface area contributed by atoms with Crippen LogP contribution in [0, 0.1) is 5.82 Å². The second-order valence-corrected chi connectivity index (χ2v) is 2.83. The average molecular weight is 174 g/mol. The smallest absolute Gasteiger partial charge is 0.150 e. The predicted molar refractivity (Wildman–Crippen MR) is 48.4 cm³/mol. The van der Waals surface area contributed by atoms with Gasteiger partial charge in [0.05, 0.1) is 0 Å². The van der Waals surface area contributed by atoms with E-state index in [4.69, 9.17) is 0 Å². The number of carbonyl (C=O) groups excluding carboxylic acids is 1. The fraction of sp³-hybridized carbons (Fsp3) is 0. The summed E-state index contributed by atoms with van der Waals surface area (Å²) in [6.45, 7) is 0. The molecule has 0 aromatic carbocycles. The molecule has 0 saturated heterocycles. The van der Waals surface area contributed by atoms with Gasteiger partial charge in [0.1, 0.15) is 12.1 Å². The van der Waals surface area contributed by atoms with Gasteiger partial charge < -0.3 is 0 Å². The molecule has 2 aliphatic carbocycles. The molecule has 0 radical (unpaired) electrons. The number of carbonyl (C=O) groups is 1. The standard InChI is InChI=1S/C11H7FO/c12-11-6-4-9-3-1-8(7-13)2-5-10(9)11/h1-7H. The predicted octanol–water partition coefficient (Wildman–Crippen LogP) is 2.74. The summed E-state index contributed by atoms with van der Waals surface area (Å²) in [4.78, 5) is 10.4. The van der Waals surface area contributed by atoms with Crippen molar-refractivity contribution in [1.29, 1.82) is 0 Å². The van der Waals surface area contributed by atoms with Crippen molar-refractivity contribution in [2.24, 2.45) is 0 Å². The van der Waals surface area contributed by atoms with Crippen LogP contribution in [0.25, 0.3) is 11.1 Å². The summed E-state index contributed by atoms with van der Waals surface area (Å²) in [5.74, 6) is -0.247. The van der Waals surface area contributed by atoms with Crippen molar-refractivity contribution in [2.75, 3.05) is 0 Å². The zero-order chi connectivity index (χ0) is 9.26. The Balaban J connectivity index is 2.68. The van der Waals surface area contributed by atoms with Crippen LogP contribution in [0.5, 0.6) is 0 Å². The molecule has 0 amide bonds. The summed E-state index contributed by atoms with van der Waals surface area (Å²) < 4.78 is 13.1. The lowest BCUT2D eigenvalue weighted by Crippen LogP contribution is -1.70. The van der Waals surface area contributed by atoms with E-state index in [-0.39, 0.29) is 5.82 Å². The SMILES string of the molecule is O=Cc1ccc2ccc(F)c-2cc1. The van der Waals surface area contributed by atoms with Gasteiger partial charge in [0.25, 0.3) is 0 Å². The monoisotopic (exact) mass is 174 g/mol. The van der Waals surface area contributed by atoms with Crippen molar-refractivity contribution in [1.82, 2.24) is 0 Å². The highest BCUT2D eigenvalue weighted by Gasteiger charge is 2.06. The molecule has 0 atom stereocenters. The molecule has 0 aromatic rings. The van der Waals surface area contributed by atoms with Crippen molar-refractivity contribution in [3.05, 3.63) is 47.8 Å². The van der Waals surface area contributed by atoms with E-state index in [1.54, 1.807) is 30.3 Å². The van der Waals surface area contributed by atoms with E-state index in [1.165, 1.54) is 6.07 Å². The third-order valence-electron chi connectivity index (χ3n) is 2.01. The molecule has 1 nitrogen and oxygen atoms in total. The summed E-state index contributed by atoms with van der Waals surface area (Å²) in [6, 6.07) is 9.76. The molecule has 64 valence electrons. The van der Waals surface area contributed by atoms with E-state index in [1.807, 2.05) is 0 Å². The summed E-state index contributed by atoms with van der Waals surface area (Å²) in [6.07, 6.45) is 0.747. The number of aldehydes is 1. The Morgan fingerprint density at radius 2 is 1.69 bits per heavy atom. The molecule has 0 heterocycles. The number of rotatable bonds is 1. The number of hydrogen-bond donors (Lipinski definition) is 0. The van der Waals surface area contributed by atoms with E-state index < -0.39 is 0 Å². The maximum absolute atomic E-state index is 13.1. The van der Waals surface area contributed by atoms with Gasteiger partial charge in [-0.15, -0.1) is 0 Å². The Hall–Kier alpha value is -1.70. The molecular formula is C11H7FO. The van der Waals surface area contributed by atoms with Crippen molar-refractivity contribution in [3.8, 4) is 11.1 Å². The third-order valence-corrected chi connectivity index (χ3v) is 2.01. The largest absolute Gasteiger partial charge is 0.298 e. The summed E-state index contributed by atoms with van der Waals surface area (Å²) in [7, 11) is 0. The summed E-state index contributed by atoms with van der Waals surface area (Å²) in [5.41, 5.74) is 1.91. The normalized spacial score (nSPS) is 10.2. The first-order valence-corrected chi connectivity index (χ1v) is 3.95. The molecule has 0 aromatic heterocycles. The zero-order valence-corrected chi connectivity index (χ0v) is 6.83. The summed E-state index contributed by atoms with van der Waals surface area (Å²) >= 11 is 0. The molecule has 0 N–H and O–H groups in total. The molecule has 2 aliphatic rings. The van der Waals surface area contributed by atoms with Gasteiger partial charge in [0, 0.05) is 11.1 Å². The Kier molecular flexibility index (Phi) is 1.81. The second kappa shape index (κ2) is 2.98. The molecule has 13 heavy (non-hydrogen) atoms. The molecule has 0 unspecified atom stereocenters. The van der Waals surface area contributed by atoms with Crippen molar-refractivity contribution >= 4 is 6.29 Å². The van der Waals surface area contributed by atoms with Gasteiger partial charge in [-0.2, -0.15) is 0 Å². The third kappa shape index (κ3) is 1.31. The molecule has 0 bridgehead atoms. The maximum Gasteiger partial charge on any atom is 0.150 e. The van der Waals surface area contributed by atoms with E-state index in [0.29, 0.717) is 11.1 Å². The Morgan fingerprint density at radius 1 is 1.00 bits per heavy atom. The second-order valence-electron chi connectivity index (χ2n) is 2.83. The van der Waals surface area contributed by atoms with Crippen LogP contribution in [0.15, 0.2) is 36.4 Å². The van der Waals surface area contributed by atoms with Crippen molar-refractivity contribution in [2.45, 2.75) is 0 Å². The fourth-order valence-electron chi connectivity index (χ4n) is 1.30. The van der Waals surface area contributed by atoms with Gasteiger partial charge in [-0.3, -0.25) is 4.79 Å². The lowest BCUT2D eigenvalue weighted by Gasteiger charge is -1.88. The first-order valence-electron chi connectivity index (χ1n) is 3.95. The van der Waals surface area contributed by atoms with Crippen LogP contribution in [0.2, 0.25) is 0 Å². The molecular weight excluding hydrogens is 167 g/mol. The molecule has 2 heteroatoms. The Morgan fingerprint density at radius 3 is 2.46 bits per heavy atom. The van der Waals surface area contributed by atoms with Gasteiger partial charge in [-0.1, -0.05) is 30.3 Å². The number of fused-ring (bicyclic) bond motifs is 1. The first-order chi connectivity index (χ1) is 6.31. The minimum atomic E-state index is -0.247. The Bertz CT molecular complexity index is 423. The zero-order valence-electron chi connectivity index (χ0n) is 6.83. The number of hydrogen-bond acceptors (Lipinski definition) is 1. The van der Waals surface area contributed by atoms with Crippen LogP contribution in [0.1, 0.15) is 10.4 Å². The molecule has 0 spiro atoms. The number of halogens is 1. The lowest BCUT2D eigenvalue weighted by molar-refractivity contribution is 0.112. The van der Waals surface area contributed by atoms with E-state index in [0.717, 1.165) is 11.8 Å². The van der Waals surface area contributed by atoms with Gasteiger partial charge in [0.2, 0.25) is 0 Å². The highest BCUT2D eigenvalue weighted by atomic mass is 19.1. The van der Waals surface area contributed by atoms with E-state index >= 15 is 0 Å². The van der Waals surface area contributed by atoms with Gasteiger partial charge in [-0.05, 0) is 11.6 Å². The van der Waals surface area contributed by atoms with Crippen LogP contribution in [-0.2, 0) is 0 Å². The average Bonchev–Trinajstić information content (AvgIpc) is 2.38. The molecule has 0 fully saturated rings. The Labute approximate surface area is 75.2 Å². The summed E-state index contributed by atoms with van der Waals surface area (Å²) in [5, 5.41) is 0. The highest BCUT2D eigenvalue weighted by Crippen LogP contribution is 2.25. The van der Waals surface area contributed by atoms with Gasteiger partial charge in [0.15, 0.2) is 0 Å². The lowest BCUT2D eigenvalue weighted by atomic mass is 10.2. The van der Waals surface area contributed by atoms with Crippen LogP contribution in [0.3, 0.4) is 0 Å². The van der Waals surface area contributed by atoms with Crippen LogP contribution in [-0.4, -0.2) is 6.29 Å². The topological polar surface area (TPSA) is 17.1 Å². The van der Waals surface area contributed by atoms with Crippen molar-refractivity contribution < 1.29 is 9.18 Å². The van der Waals surface area contributed by atoms with Gasteiger partial charge >= 0.3 is 0 Å². The molecule has 0 saturated carbocycles. The first kappa shape index (κ1) is 7.92. The minimum Gasteiger partial charge on any atom is -0.298 e. The molecule has 0 aliphatic heterocycles. The van der Waals surface area contributed by atoms with Crippen LogP contribution >= 0.6 is 0 Å². The van der Waals surface area contributed by atoms with Crippen LogP contribution in [0.4, 0.5) is 4.39 Å². The minimum absolute atomic E-state index is 0.247. The highest BCUT2D eigenvalue weighted by molar-refractivity contribution is 5.77. The fourth-order valence-corrected chi connectivity index (χ4v) is 1.30. The van der Waals surface area contributed by atoms with E-state index in [9.17, 15) is 9.18 Å². The van der Waals surface area contributed by atoms with Crippen LogP contribution < -0.4 is 0 Å². The molecule has 2 rings (SSSR count). The van der Waals surface area contributed by atoms with Gasteiger partial charge in [-0.25, -0.2) is 4.39 Å². The quantitative estimate of drug-likeness (QED) is 0.607. The van der Waals surface area contributed by atoms with E-state index in [2.05, 4.69) is 0 Å². The van der Waals surface area contributed by atoms with Crippen molar-refractivity contribution in [3.63, 3.8) is 0 Å². The maximum atomic E-state index is 13.1.